The maximum Gasteiger partial charge on any atom is 0.344 e. The lowest BCUT2D eigenvalue weighted by Gasteiger charge is -2.13. The predicted molar refractivity (Wildman–Crippen MR) is 129 cm³/mol. The van der Waals surface area contributed by atoms with Crippen molar-refractivity contribution in [1.82, 2.24) is 0 Å². The zero-order valence-corrected chi connectivity index (χ0v) is 19.2. The Bertz CT molecular complexity index is 1280. The Balaban J connectivity index is 1.73. The standard InChI is InChI=1S/C24H20ClN3O7/c1-2-34-22(29)14-35-17-7-5-6-15(12-17)26-24(31)19-8-3-4-9-21(19)27-23(30)18-11-10-16(28(32)33)13-20(18)25/h3-13H,2,14H2,1H3,(H,26,31)(H,27,30). The molecule has 0 saturated heterocycles. The molecule has 0 heterocycles. The number of esters is 1. The van der Waals surface area contributed by atoms with Crippen molar-refractivity contribution >= 4 is 46.4 Å². The van der Waals surface area contributed by atoms with Gasteiger partial charge in [0.15, 0.2) is 6.61 Å². The highest BCUT2D eigenvalue weighted by atomic mass is 35.5. The SMILES string of the molecule is CCOC(=O)COc1cccc(NC(=O)c2ccccc2NC(=O)c2ccc([N+](=O)[O-])cc2Cl)c1. The molecule has 0 fully saturated rings. The predicted octanol–water partition coefficient (Wildman–Crippen LogP) is 4.69. The number of hydrogen-bond donors (Lipinski definition) is 2. The van der Waals surface area contributed by atoms with E-state index in [9.17, 15) is 24.5 Å². The zero-order valence-electron chi connectivity index (χ0n) is 18.4. The van der Waals surface area contributed by atoms with Crippen molar-refractivity contribution in [3.8, 4) is 5.75 Å². The van der Waals surface area contributed by atoms with Gasteiger partial charge in [-0.2, -0.15) is 0 Å². The van der Waals surface area contributed by atoms with Crippen LogP contribution in [0, 0.1) is 10.1 Å². The summed E-state index contributed by atoms with van der Waals surface area (Å²) in [7, 11) is 0. The molecule has 0 aromatic heterocycles. The van der Waals surface area contributed by atoms with Gasteiger partial charge in [0.2, 0.25) is 0 Å². The topological polar surface area (TPSA) is 137 Å². The molecule has 10 nitrogen and oxygen atoms in total. The smallest absolute Gasteiger partial charge is 0.344 e. The summed E-state index contributed by atoms with van der Waals surface area (Å²) in [4.78, 5) is 47.4. The van der Waals surface area contributed by atoms with Crippen LogP contribution < -0.4 is 15.4 Å². The second kappa shape index (κ2) is 11.6. The first kappa shape index (κ1) is 25.2. The molecule has 0 spiro atoms. The van der Waals surface area contributed by atoms with E-state index in [1.165, 1.54) is 24.3 Å². The molecule has 0 aliphatic rings. The number of carbonyl (C=O) groups is 3. The number of ether oxygens (including phenoxy) is 2. The number of nitrogens with one attached hydrogen (secondary N) is 2. The fourth-order valence-corrected chi connectivity index (χ4v) is 3.25. The Morgan fingerprint density at radius 3 is 2.40 bits per heavy atom. The average Bonchev–Trinajstić information content (AvgIpc) is 2.83. The van der Waals surface area contributed by atoms with Crippen LogP contribution in [0.4, 0.5) is 17.1 Å². The molecule has 3 aromatic rings. The minimum Gasteiger partial charge on any atom is -0.482 e. The van der Waals surface area contributed by atoms with Crippen LogP contribution in [0.25, 0.3) is 0 Å². The number of para-hydroxylation sites is 1. The summed E-state index contributed by atoms with van der Waals surface area (Å²) >= 11 is 6.04. The van der Waals surface area contributed by atoms with Crippen LogP contribution >= 0.6 is 11.6 Å². The molecule has 0 unspecified atom stereocenters. The van der Waals surface area contributed by atoms with Gasteiger partial charge in [0.25, 0.3) is 17.5 Å². The van der Waals surface area contributed by atoms with E-state index >= 15 is 0 Å². The van der Waals surface area contributed by atoms with Gasteiger partial charge in [0.05, 0.1) is 33.4 Å². The molecule has 35 heavy (non-hydrogen) atoms. The fourth-order valence-electron chi connectivity index (χ4n) is 2.99. The third-order valence-corrected chi connectivity index (χ3v) is 4.89. The van der Waals surface area contributed by atoms with Crippen LogP contribution in [0.15, 0.2) is 66.7 Å². The summed E-state index contributed by atoms with van der Waals surface area (Å²) in [6.07, 6.45) is 0. The number of carbonyl (C=O) groups excluding carboxylic acids is 3. The van der Waals surface area contributed by atoms with E-state index in [-0.39, 0.29) is 40.7 Å². The van der Waals surface area contributed by atoms with Crippen molar-refractivity contribution in [3.63, 3.8) is 0 Å². The van der Waals surface area contributed by atoms with Crippen molar-refractivity contribution in [2.24, 2.45) is 0 Å². The number of benzene rings is 3. The summed E-state index contributed by atoms with van der Waals surface area (Å²) < 4.78 is 10.2. The van der Waals surface area contributed by atoms with Crippen molar-refractivity contribution in [2.45, 2.75) is 6.92 Å². The maximum atomic E-state index is 12.9. The number of hydrogen-bond acceptors (Lipinski definition) is 7. The van der Waals surface area contributed by atoms with E-state index in [2.05, 4.69) is 10.6 Å². The van der Waals surface area contributed by atoms with Crippen molar-refractivity contribution in [3.05, 3.63) is 93.0 Å². The second-order valence-corrected chi connectivity index (χ2v) is 7.40. The lowest BCUT2D eigenvalue weighted by atomic mass is 10.1. The Morgan fingerprint density at radius 1 is 0.943 bits per heavy atom. The summed E-state index contributed by atoms with van der Waals surface area (Å²) in [5.41, 5.74) is 0.533. The quantitative estimate of drug-likeness (QED) is 0.248. The third-order valence-electron chi connectivity index (χ3n) is 4.58. The molecule has 0 saturated carbocycles. The first-order chi connectivity index (χ1) is 16.8. The monoisotopic (exact) mass is 497 g/mol. The molecule has 3 rings (SSSR count). The largest absolute Gasteiger partial charge is 0.482 e. The highest BCUT2D eigenvalue weighted by Crippen LogP contribution is 2.25. The molecule has 0 atom stereocenters. The number of rotatable bonds is 9. The molecule has 0 aliphatic heterocycles. The molecule has 0 aliphatic carbocycles. The number of amides is 2. The van der Waals surface area contributed by atoms with Gasteiger partial charge in [-0.3, -0.25) is 19.7 Å². The van der Waals surface area contributed by atoms with Gasteiger partial charge in [0, 0.05) is 23.9 Å². The van der Waals surface area contributed by atoms with Crippen LogP contribution in [0.3, 0.4) is 0 Å². The van der Waals surface area contributed by atoms with E-state index in [1.807, 2.05) is 0 Å². The van der Waals surface area contributed by atoms with Gasteiger partial charge >= 0.3 is 5.97 Å². The van der Waals surface area contributed by atoms with E-state index in [0.717, 1.165) is 12.1 Å². The number of nitrogens with zero attached hydrogens (tertiary/aromatic N) is 1. The van der Waals surface area contributed by atoms with Crippen LogP contribution in [0.2, 0.25) is 5.02 Å². The van der Waals surface area contributed by atoms with Crippen LogP contribution in [-0.2, 0) is 9.53 Å². The highest BCUT2D eigenvalue weighted by Gasteiger charge is 2.18. The number of halogens is 1. The Labute approximate surface area is 205 Å². The zero-order chi connectivity index (χ0) is 25.4. The van der Waals surface area contributed by atoms with Crippen molar-refractivity contribution in [2.75, 3.05) is 23.8 Å². The van der Waals surface area contributed by atoms with Crippen LogP contribution in [0.5, 0.6) is 5.75 Å². The molecule has 0 radical (unpaired) electrons. The molecule has 0 bridgehead atoms. The van der Waals surface area contributed by atoms with E-state index < -0.39 is 22.7 Å². The minimum atomic E-state index is -0.639. The molecule has 180 valence electrons. The Kier molecular flexibility index (Phi) is 8.36. The van der Waals surface area contributed by atoms with Gasteiger partial charge in [-0.25, -0.2) is 4.79 Å². The van der Waals surface area contributed by atoms with E-state index in [4.69, 9.17) is 21.1 Å². The molecule has 2 amide bonds. The van der Waals surface area contributed by atoms with Crippen LogP contribution in [-0.4, -0.2) is 35.9 Å². The van der Waals surface area contributed by atoms with Gasteiger partial charge in [0.1, 0.15) is 5.75 Å². The van der Waals surface area contributed by atoms with Gasteiger partial charge in [-0.05, 0) is 37.3 Å². The summed E-state index contributed by atoms with van der Waals surface area (Å²) in [5, 5.41) is 16.1. The number of nitro groups is 1. The molecular formula is C24H20ClN3O7. The normalized spacial score (nSPS) is 10.2. The average molecular weight is 498 g/mol. The van der Waals surface area contributed by atoms with Gasteiger partial charge in [-0.1, -0.05) is 29.8 Å². The number of non-ortho nitro benzene ring substituents is 1. The lowest BCUT2D eigenvalue weighted by molar-refractivity contribution is -0.384. The highest BCUT2D eigenvalue weighted by molar-refractivity contribution is 6.34. The van der Waals surface area contributed by atoms with Crippen molar-refractivity contribution < 1.29 is 28.8 Å². The van der Waals surface area contributed by atoms with Gasteiger partial charge < -0.3 is 20.1 Å². The van der Waals surface area contributed by atoms with E-state index in [1.54, 1.807) is 37.3 Å². The van der Waals surface area contributed by atoms with Crippen LogP contribution in [0.1, 0.15) is 27.6 Å². The summed E-state index contributed by atoms with van der Waals surface area (Å²) in [6.45, 7) is 1.66. The van der Waals surface area contributed by atoms with Crippen molar-refractivity contribution in [1.29, 1.82) is 0 Å². The minimum absolute atomic E-state index is 0.0129. The fraction of sp³-hybridized carbons (Fsp3) is 0.125. The third kappa shape index (κ3) is 6.78. The maximum absolute atomic E-state index is 12.9. The van der Waals surface area contributed by atoms with E-state index in [0.29, 0.717) is 11.4 Å². The Morgan fingerprint density at radius 2 is 1.69 bits per heavy atom. The first-order valence-electron chi connectivity index (χ1n) is 10.3. The first-order valence-corrected chi connectivity index (χ1v) is 10.7. The summed E-state index contributed by atoms with van der Waals surface area (Å²) in [6, 6.07) is 16.2. The molecule has 2 N–H and O–H groups in total. The number of nitro benzene ring substituents is 1. The lowest BCUT2D eigenvalue weighted by Crippen LogP contribution is -2.18. The summed E-state index contributed by atoms with van der Waals surface area (Å²) in [5.74, 6) is -1.32. The van der Waals surface area contributed by atoms with Gasteiger partial charge in [-0.15, -0.1) is 0 Å². The Hall–Kier alpha value is -4.44. The molecular weight excluding hydrogens is 478 g/mol. The molecule has 3 aromatic carbocycles. The molecule has 11 heteroatoms. The second-order valence-electron chi connectivity index (χ2n) is 7.00. The number of anilines is 2.